The van der Waals surface area contributed by atoms with Crippen molar-refractivity contribution in [3.05, 3.63) is 40.6 Å². The fourth-order valence-electron chi connectivity index (χ4n) is 3.80. The number of amides is 2. The predicted molar refractivity (Wildman–Crippen MR) is 109 cm³/mol. The lowest BCUT2D eigenvalue weighted by atomic mass is 10.00. The number of hydrogen-bond donors (Lipinski definition) is 3. The molecule has 28 heavy (non-hydrogen) atoms. The highest BCUT2D eigenvalue weighted by Crippen LogP contribution is 2.25. The van der Waals surface area contributed by atoms with Gasteiger partial charge in [-0.2, -0.15) is 0 Å². The van der Waals surface area contributed by atoms with Gasteiger partial charge in [-0.15, -0.1) is 0 Å². The Bertz CT molecular complexity index is 760. The smallest absolute Gasteiger partial charge is 0.338 e. The highest BCUT2D eigenvalue weighted by Gasteiger charge is 2.34. The van der Waals surface area contributed by atoms with Crippen LogP contribution < -0.4 is 20.4 Å². The zero-order valence-corrected chi connectivity index (χ0v) is 17.1. The van der Waals surface area contributed by atoms with Gasteiger partial charge in [0.1, 0.15) is 6.54 Å². The van der Waals surface area contributed by atoms with E-state index in [-0.39, 0.29) is 18.0 Å². The number of anilines is 1. The summed E-state index contributed by atoms with van der Waals surface area (Å²) in [5.74, 6) is -0.356. The van der Waals surface area contributed by atoms with Crippen LogP contribution in [-0.2, 0) is 9.53 Å². The van der Waals surface area contributed by atoms with Crippen LogP contribution in [0, 0.1) is 0 Å². The second-order valence-corrected chi connectivity index (χ2v) is 7.44. The molecule has 8 heteroatoms. The number of para-hydroxylation sites is 1. The first kappa shape index (κ1) is 20.5. The molecule has 0 aliphatic carbocycles. The van der Waals surface area contributed by atoms with Crippen molar-refractivity contribution in [2.75, 3.05) is 44.2 Å². The molecule has 1 atom stereocenters. The van der Waals surface area contributed by atoms with Crippen LogP contribution in [0.1, 0.15) is 20.3 Å². The molecule has 2 aliphatic rings. The molecule has 0 unspecified atom stereocenters. The minimum Gasteiger partial charge on any atom is -0.463 e. The summed E-state index contributed by atoms with van der Waals surface area (Å²) < 4.78 is 5.24. The molecule has 1 saturated heterocycles. The molecule has 1 aromatic carbocycles. The summed E-state index contributed by atoms with van der Waals surface area (Å²) in [6.07, 6.45) is 0.640. The number of esters is 1. The molecular formula is C20H28ClN4O3+. The first-order valence-electron chi connectivity index (χ1n) is 9.84. The molecule has 1 fully saturated rings. The van der Waals surface area contributed by atoms with E-state index in [1.807, 2.05) is 31.2 Å². The molecule has 3 rings (SSSR count). The van der Waals surface area contributed by atoms with Crippen molar-refractivity contribution in [3.8, 4) is 0 Å². The molecule has 0 spiro atoms. The number of carbonyl (C=O) groups excluding carboxylic acids is 2. The maximum absolute atomic E-state index is 12.5. The van der Waals surface area contributed by atoms with E-state index in [9.17, 15) is 9.59 Å². The van der Waals surface area contributed by atoms with Gasteiger partial charge in [-0.25, -0.2) is 9.59 Å². The molecule has 3 N–H and O–H groups in total. The third-order valence-electron chi connectivity index (χ3n) is 5.24. The first-order valence-corrected chi connectivity index (χ1v) is 10.2. The molecule has 152 valence electrons. The number of nitrogens with zero attached hydrogens (tertiary/aromatic N) is 1. The Morgan fingerprint density at radius 2 is 2.00 bits per heavy atom. The van der Waals surface area contributed by atoms with Crippen LogP contribution >= 0.6 is 11.6 Å². The van der Waals surface area contributed by atoms with E-state index in [4.69, 9.17) is 16.3 Å². The molecule has 2 amide bonds. The van der Waals surface area contributed by atoms with E-state index < -0.39 is 0 Å². The number of quaternary nitrogens is 1. The zero-order valence-electron chi connectivity index (χ0n) is 16.4. The number of halogens is 1. The highest BCUT2D eigenvalue weighted by atomic mass is 35.5. The number of nitrogens with one attached hydrogen (secondary N) is 3. The molecule has 2 heterocycles. The summed E-state index contributed by atoms with van der Waals surface area (Å²) in [5, 5.41) is 6.42. The summed E-state index contributed by atoms with van der Waals surface area (Å²) >= 11 is 6.32. The molecule has 0 aromatic heterocycles. The molecular weight excluding hydrogens is 380 g/mol. The quantitative estimate of drug-likeness (QED) is 0.614. The average molecular weight is 408 g/mol. The van der Waals surface area contributed by atoms with Crippen molar-refractivity contribution in [3.63, 3.8) is 0 Å². The van der Waals surface area contributed by atoms with Crippen molar-refractivity contribution < 1.29 is 19.2 Å². The lowest BCUT2D eigenvalue weighted by molar-refractivity contribution is -0.896. The minimum absolute atomic E-state index is 0.260. The summed E-state index contributed by atoms with van der Waals surface area (Å²) in [7, 11) is 0. The van der Waals surface area contributed by atoms with Crippen molar-refractivity contribution in [1.29, 1.82) is 0 Å². The summed E-state index contributed by atoms with van der Waals surface area (Å²) in [5.41, 5.74) is 2.27. The molecule has 2 aliphatic heterocycles. The molecule has 0 bridgehead atoms. The van der Waals surface area contributed by atoms with Gasteiger partial charge < -0.3 is 25.2 Å². The first-order chi connectivity index (χ1) is 13.5. The molecule has 0 saturated carbocycles. The Hall–Kier alpha value is -2.25. The van der Waals surface area contributed by atoms with Gasteiger partial charge in [0.15, 0.2) is 0 Å². The van der Waals surface area contributed by atoms with Crippen molar-refractivity contribution in [2.45, 2.75) is 26.3 Å². The minimum atomic E-state index is -0.356. The number of hydrogen-bond acceptors (Lipinski definition) is 4. The fraction of sp³-hybridized carbons (Fsp3) is 0.500. The number of ether oxygens (including phenoxy) is 1. The van der Waals surface area contributed by atoms with E-state index in [0.717, 1.165) is 36.9 Å². The van der Waals surface area contributed by atoms with Gasteiger partial charge in [-0.05, 0) is 25.5 Å². The van der Waals surface area contributed by atoms with Crippen LogP contribution in [0.15, 0.2) is 35.5 Å². The number of benzene rings is 1. The van der Waals surface area contributed by atoms with Gasteiger partial charge in [0.25, 0.3) is 0 Å². The van der Waals surface area contributed by atoms with Crippen LogP contribution in [0.25, 0.3) is 0 Å². The Labute approximate surface area is 170 Å². The normalized spacial score (nSPS) is 20.6. The van der Waals surface area contributed by atoms with Gasteiger partial charge >= 0.3 is 12.0 Å². The number of carbonyl (C=O) groups is 2. The van der Waals surface area contributed by atoms with Crippen molar-refractivity contribution >= 4 is 29.3 Å². The van der Waals surface area contributed by atoms with E-state index in [0.29, 0.717) is 30.8 Å². The highest BCUT2D eigenvalue weighted by molar-refractivity contribution is 6.33. The topological polar surface area (TPSA) is 75.1 Å². The Balaban J connectivity index is 1.71. The third-order valence-corrected chi connectivity index (χ3v) is 5.56. The molecule has 7 nitrogen and oxygen atoms in total. The SMILES string of the molecule is CCOC(=O)C1=C(C[NH+]2CCN(c3ccccc3Cl)CC2)NC(=O)N[C@@H]1CC. The van der Waals surface area contributed by atoms with Gasteiger partial charge in [-0.3, -0.25) is 0 Å². The van der Waals surface area contributed by atoms with E-state index >= 15 is 0 Å². The maximum atomic E-state index is 12.5. The van der Waals surface area contributed by atoms with Crippen LogP contribution in [0.4, 0.5) is 10.5 Å². The van der Waals surface area contributed by atoms with E-state index in [1.54, 1.807) is 6.92 Å². The predicted octanol–water partition coefficient (Wildman–Crippen LogP) is 0.954. The number of rotatable bonds is 6. The zero-order chi connectivity index (χ0) is 20.1. The maximum Gasteiger partial charge on any atom is 0.338 e. The monoisotopic (exact) mass is 407 g/mol. The second kappa shape index (κ2) is 9.30. The average Bonchev–Trinajstić information content (AvgIpc) is 2.68. The number of urea groups is 1. The van der Waals surface area contributed by atoms with Gasteiger partial charge in [0.2, 0.25) is 0 Å². The largest absolute Gasteiger partial charge is 0.463 e. The lowest BCUT2D eigenvalue weighted by Crippen LogP contribution is -3.15. The lowest BCUT2D eigenvalue weighted by Gasteiger charge is -2.36. The van der Waals surface area contributed by atoms with Crippen LogP contribution in [-0.4, -0.2) is 57.4 Å². The van der Waals surface area contributed by atoms with Crippen molar-refractivity contribution in [1.82, 2.24) is 10.6 Å². The summed E-state index contributed by atoms with van der Waals surface area (Å²) in [6, 6.07) is 7.29. The Morgan fingerprint density at radius 3 is 2.64 bits per heavy atom. The van der Waals surface area contributed by atoms with Crippen LogP contribution in [0.2, 0.25) is 5.02 Å². The van der Waals surface area contributed by atoms with Gasteiger partial charge in [0.05, 0.1) is 60.8 Å². The van der Waals surface area contributed by atoms with E-state index in [2.05, 4.69) is 15.5 Å². The Kier molecular flexibility index (Phi) is 6.80. The Morgan fingerprint density at radius 1 is 1.29 bits per heavy atom. The van der Waals surface area contributed by atoms with Crippen molar-refractivity contribution in [2.24, 2.45) is 0 Å². The van der Waals surface area contributed by atoms with Gasteiger partial charge in [-0.1, -0.05) is 30.7 Å². The molecule has 0 radical (unpaired) electrons. The molecule has 1 aromatic rings. The number of piperazine rings is 1. The summed E-state index contributed by atoms with van der Waals surface area (Å²) in [6.45, 7) is 8.15. The third kappa shape index (κ3) is 4.59. The summed E-state index contributed by atoms with van der Waals surface area (Å²) in [4.78, 5) is 28.1. The van der Waals surface area contributed by atoms with Gasteiger partial charge in [0, 0.05) is 0 Å². The van der Waals surface area contributed by atoms with Crippen LogP contribution in [0.3, 0.4) is 0 Å². The second-order valence-electron chi connectivity index (χ2n) is 7.04. The van der Waals surface area contributed by atoms with Crippen LogP contribution in [0.5, 0.6) is 0 Å². The fourth-order valence-corrected chi connectivity index (χ4v) is 4.06. The standard InChI is InChI=1S/C20H27ClN4O3/c1-3-15-18(19(26)28-4-2)16(23-20(27)22-15)13-24-9-11-25(12-10-24)17-8-6-5-7-14(17)21/h5-8,15H,3-4,9-13H2,1-2H3,(H2,22,23,27)/p+1/t15-/m1/s1. The van der Waals surface area contributed by atoms with E-state index in [1.165, 1.54) is 4.90 Å².